The number of ether oxygens (including phenoxy) is 1. The molecule has 0 radical (unpaired) electrons. The van der Waals surface area contributed by atoms with E-state index in [1.807, 2.05) is 6.07 Å². The Bertz CT molecular complexity index is 677. The molecule has 21 heavy (non-hydrogen) atoms. The Hall–Kier alpha value is -2.82. The molecule has 0 unspecified atom stereocenters. The van der Waals surface area contributed by atoms with Crippen LogP contribution in [0.4, 0.5) is 19.0 Å². The summed E-state index contributed by atoms with van der Waals surface area (Å²) in [6.07, 6.45) is -4.47. The minimum absolute atomic E-state index is 0.235. The van der Waals surface area contributed by atoms with Gasteiger partial charge in [0, 0.05) is 6.07 Å². The van der Waals surface area contributed by atoms with Gasteiger partial charge in [-0.05, 0) is 17.7 Å². The predicted octanol–water partition coefficient (Wildman–Crippen LogP) is 2.94. The topological polar surface area (TPSA) is 84.8 Å². The number of nitrogen functional groups attached to an aromatic ring is 1. The average Bonchev–Trinajstić information content (AvgIpc) is 2.40. The summed E-state index contributed by atoms with van der Waals surface area (Å²) in [5.41, 5.74) is 6.07. The van der Waals surface area contributed by atoms with E-state index in [4.69, 9.17) is 15.7 Å². The molecule has 0 aliphatic carbocycles. The highest BCUT2D eigenvalue weighted by atomic mass is 19.4. The van der Waals surface area contributed by atoms with Gasteiger partial charge in [-0.1, -0.05) is 12.1 Å². The smallest absolute Gasteiger partial charge is 0.439 e. The van der Waals surface area contributed by atoms with Gasteiger partial charge in [-0.15, -0.1) is 0 Å². The summed E-state index contributed by atoms with van der Waals surface area (Å²) in [4.78, 5) is 6.38. The van der Waals surface area contributed by atoms with Crippen molar-refractivity contribution in [1.82, 2.24) is 9.97 Å². The summed E-state index contributed by atoms with van der Waals surface area (Å²) in [6.45, 7) is 0. The van der Waals surface area contributed by atoms with Gasteiger partial charge >= 0.3 is 6.18 Å². The number of alkyl halides is 3. The molecule has 108 valence electrons. The average molecular weight is 294 g/mol. The first-order valence-electron chi connectivity index (χ1n) is 5.74. The van der Waals surface area contributed by atoms with Gasteiger partial charge in [-0.3, -0.25) is 0 Å². The highest BCUT2D eigenvalue weighted by Crippen LogP contribution is 2.29. The van der Waals surface area contributed by atoms with Crippen molar-refractivity contribution >= 4 is 5.82 Å². The highest BCUT2D eigenvalue weighted by Gasteiger charge is 2.35. The van der Waals surface area contributed by atoms with Crippen molar-refractivity contribution in [3.05, 3.63) is 41.7 Å². The number of hydrogen-bond acceptors (Lipinski definition) is 5. The monoisotopic (exact) mass is 294 g/mol. The number of hydrogen-bond donors (Lipinski definition) is 1. The van der Waals surface area contributed by atoms with Gasteiger partial charge in [0.05, 0.1) is 12.5 Å². The zero-order valence-electron chi connectivity index (χ0n) is 10.6. The lowest BCUT2D eigenvalue weighted by atomic mass is 10.2. The van der Waals surface area contributed by atoms with Crippen LogP contribution < -0.4 is 10.5 Å². The molecular formula is C13H9F3N4O. The summed E-state index contributed by atoms with van der Waals surface area (Å²) < 4.78 is 42.9. The van der Waals surface area contributed by atoms with Crippen molar-refractivity contribution in [2.24, 2.45) is 0 Å². The van der Waals surface area contributed by atoms with E-state index in [0.717, 1.165) is 11.6 Å². The van der Waals surface area contributed by atoms with E-state index in [2.05, 4.69) is 9.97 Å². The van der Waals surface area contributed by atoms with Crippen LogP contribution in [0.25, 0.3) is 0 Å². The molecule has 5 nitrogen and oxygen atoms in total. The molecule has 0 amide bonds. The van der Waals surface area contributed by atoms with Gasteiger partial charge < -0.3 is 10.5 Å². The molecule has 0 saturated heterocycles. The summed E-state index contributed by atoms with van der Waals surface area (Å²) in [7, 11) is 0. The minimum Gasteiger partial charge on any atom is -0.439 e. The van der Waals surface area contributed by atoms with Crippen LogP contribution in [0.3, 0.4) is 0 Å². The first-order valence-corrected chi connectivity index (χ1v) is 5.74. The Morgan fingerprint density at radius 2 is 1.86 bits per heavy atom. The van der Waals surface area contributed by atoms with Crippen LogP contribution in [-0.2, 0) is 12.6 Å². The lowest BCUT2D eigenvalue weighted by Gasteiger charge is -2.09. The Morgan fingerprint density at radius 1 is 1.19 bits per heavy atom. The van der Waals surface area contributed by atoms with Crippen molar-refractivity contribution in [3.63, 3.8) is 0 Å². The summed E-state index contributed by atoms with van der Waals surface area (Å²) in [5.74, 6) is -1.72. The number of nitriles is 1. The molecule has 0 aliphatic heterocycles. The quantitative estimate of drug-likeness (QED) is 0.940. The fraction of sp³-hybridized carbons (Fsp3) is 0.154. The molecule has 1 aromatic carbocycles. The van der Waals surface area contributed by atoms with Crippen LogP contribution in [0.5, 0.6) is 11.6 Å². The second kappa shape index (κ2) is 5.66. The summed E-state index contributed by atoms with van der Waals surface area (Å²) >= 11 is 0. The number of aromatic nitrogens is 2. The largest absolute Gasteiger partial charge is 0.451 e. The van der Waals surface area contributed by atoms with Crippen LogP contribution in [0.1, 0.15) is 11.4 Å². The predicted molar refractivity (Wildman–Crippen MR) is 67.3 cm³/mol. The maximum absolute atomic E-state index is 12.6. The van der Waals surface area contributed by atoms with Gasteiger partial charge in [-0.2, -0.15) is 23.4 Å². The molecule has 0 aliphatic rings. The minimum atomic E-state index is -4.70. The van der Waals surface area contributed by atoms with Crippen molar-refractivity contribution in [2.75, 3.05) is 5.73 Å². The van der Waals surface area contributed by atoms with Crippen molar-refractivity contribution in [1.29, 1.82) is 5.26 Å². The second-order valence-corrected chi connectivity index (χ2v) is 4.03. The van der Waals surface area contributed by atoms with Gasteiger partial charge in [0.2, 0.25) is 11.7 Å². The van der Waals surface area contributed by atoms with E-state index >= 15 is 0 Å². The van der Waals surface area contributed by atoms with E-state index in [0.29, 0.717) is 0 Å². The maximum Gasteiger partial charge on any atom is 0.451 e. The summed E-state index contributed by atoms with van der Waals surface area (Å²) in [6, 6.07) is 9.39. The fourth-order valence-electron chi connectivity index (χ4n) is 1.51. The molecule has 0 fully saturated rings. The zero-order valence-corrected chi connectivity index (χ0v) is 10.6. The van der Waals surface area contributed by atoms with E-state index in [-0.39, 0.29) is 23.9 Å². The van der Waals surface area contributed by atoms with Gasteiger partial charge in [-0.25, -0.2) is 4.98 Å². The van der Waals surface area contributed by atoms with Crippen LogP contribution in [0, 0.1) is 11.3 Å². The Morgan fingerprint density at radius 3 is 2.43 bits per heavy atom. The second-order valence-electron chi connectivity index (χ2n) is 4.03. The molecule has 2 aromatic rings. The molecule has 2 N–H and O–H groups in total. The molecule has 0 atom stereocenters. The molecular weight excluding hydrogens is 285 g/mol. The lowest BCUT2D eigenvalue weighted by Crippen LogP contribution is -2.12. The van der Waals surface area contributed by atoms with Gasteiger partial charge in [0.25, 0.3) is 0 Å². The number of nitrogens with zero attached hydrogens (tertiary/aromatic N) is 3. The first-order chi connectivity index (χ1) is 9.88. The standard InChI is InChI=1S/C13H9F3N4O/c14-13(15,16)12-19-10(18)7-11(20-12)21-9-3-1-8(2-4-9)5-6-17/h1-4,7H,5H2,(H2,18,19,20). The number of nitrogens with two attached hydrogens (primary N) is 1. The van der Waals surface area contributed by atoms with Crippen LogP contribution in [0.2, 0.25) is 0 Å². The summed E-state index contributed by atoms with van der Waals surface area (Å²) in [5, 5.41) is 8.54. The van der Waals surface area contributed by atoms with E-state index in [9.17, 15) is 13.2 Å². The van der Waals surface area contributed by atoms with E-state index < -0.39 is 12.0 Å². The zero-order chi connectivity index (χ0) is 15.5. The van der Waals surface area contributed by atoms with Crippen LogP contribution in [0.15, 0.2) is 30.3 Å². The van der Waals surface area contributed by atoms with Crippen LogP contribution >= 0.6 is 0 Å². The van der Waals surface area contributed by atoms with Crippen molar-refractivity contribution in [2.45, 2.75) is 12.6 Å². The van der Waals surface area contributed by atoms with E-state index in [1.54, 1.807) is 12.1 Å². The molecule has 0 bridgehead atoms. The van der Waals surface area contributed by atoms with Gasteiger partial charge in [0.1, 0.15) is 11.6 Å². The third-order valence-corrected chi connectivity index (χ3v) is 2.40. The number of anilines is 1. The number of rotatable bonds is 3. The Labute approximate surface area is 117 Å². The number of benzene rings is 1. The van der Waals surface area contributed by atoms with Crippen LogP contribution in [-0.4, -0.2) is 9.97 Å². The molecule has 0 saturated carbocycles. The van der Waals surface area contributed by atoms with Crippen molar-refractivity contribution < 1.29 is 17.9 Å². The SMILES string of the molecule is N#CCc1ccc(Oc2cc(N)nc(C(F)(F)F)n2)cc1. The fourth-order valence-corrected chi connectivity index (χ4v) is 1.51. The van der Waals surface area contributed by atoms with Crippen molar-refractivity contribution in [3.8, 4) is 17.7 Å². The Balaban J connectivity index is 2.23. The highest BCUT2D eigenvalue weighted by molar-refractivity contribution is 5.37. The maximum atomic E-state index is 12.6. The molecule has 2 rings (SSSR count). The first kappa shape index (κ1) is 14.6. The lowest BCUT2D eigenvalue weighted by molar-refractivity contribution is -0.145. The third-order valence-electron chi connectivity index (χ3n) is 2.40. The number of halogens is 3. The Kier molecular flexibility index (Phi) is 3.93. The van der Waals surface area contributed by atoms with Gasteiger partial charge in [0.15, 0.2) is 0 Å². The van der Waals surface area contributed by atoms with E-state index in [1.165, 1.54) is 12.1 Å². The molecule has 0 spiro atoms. The molecule has 1 aromatic heterocycles. The molecule has 1 heterocycles. The normalized spacial score (nSPS) is 11.0. The third kappa shape index (κ3) is 3.82. The molecule has 8 heteroatoms.